The minimum atomic E-state index is -3.72. The number of aromatic nitrogens is 1. The Morgan fingerprint density at radius 2 is 2.05 bits per heavy atom. The molecule has 0 aliphatic heterocycles. The van der Waals surface area contributed by atoms with E-state index in [-0.39, 0.29) is 10.9 Å². The van der Waals surface area contributed by atoms with Gasteiger partial charge in [0.1, 0.15) is 11.2 Å². The minimum Gasteiger partial charge on any atom is -0.431 e. The number of benzene rings is 1. The summed E-state index contributed by atoms with van der Waals surface area (Å²) >= 11 is 0. The molecular weight excluding hydrogens is 266 g/mol. The van der Waals surface area contributed by atoms with E-state index in [4.69, 9.17) is 4.42 Å². The molecule has 0 spiro atoms. The first-order chi connectivity index (χ1) is 9.03. The van der Waals surface area contributed by atoms with Crippen LogP contribution in [0.15, 0.2) is 39.8 Å². The van der Waals surface area contributed by atoms with E-state index in [2.05, 4.69) is 15.0 Å². The summed E-state index contributed by atoms with van der Waals surface area (Å²) in [6.45, 7) is 4.24. The molecule has 7 heteroatoms. The first-order valence-electron chi connectivity index (χ1n) is 5.81. The minimum absolute atomic E-state index is 0.0381. The number of anilines is 2. The van der Waals surface area contributed by atoms with Crippen LogP contribution in [-0.2, 0) is 10.0 Å². The van der Waals surface area contributed by atoms with Crippen LogP contribution in [-0.4, -0.2) is 19.9 Å². The Morgan fingerprint density at radius 1 is 1.32 bits per heavy atom. The van der Waals surface area contributed by atoms with Crippen molar-refractivity contribution in [3.63, 3.8) is 0 Å². The molecular formula is C12H15N3O3S. The highest BCUT2D eigenvalue weighted by atomic mass is 32.2. The molecule has 2 aromatic rings. The Kier molecular flexibility index (Phi) is 3.75. The van der Waals surface area contributed by atoms with Crippen molar-refractivity contribution in [1.82, 2.24) is 4.98 Å². The topological polar surface area (TPSA) is 84.2 Å². The number of oxazole rings is 1. The summed E-state index contributed by atoms with van der Waals surface area (Å²) in [7, 11) is -3.72. The number of aryl methyl sites for hydroxylation is 1. The normalized spacial score (nSPS) is 11.3. The van der Waals surface area contributed by atoms with Crippen molar-refractivity contribution in [1.29, 1.82) is 0 Å². The lowest BCUT2D eigenvalue weighted by atomic mass is 10.3. The molecule has 1 heterocycles. The summed E-state index contributed by atoms with van der Waals surface area (Å²) in [5.74, 6) is 0. The summed E-state index contributed by atoms with van der Waals surface area (Å²) in [5, 5.41) is 3.00. The van der Waals surface area contributed by atoms with Gasteiger partial charge in [-0.25, -0.2) is 13.1 Å². The fourth-order valence-corrected chi connectivity index (χ4v) is 2.73. The number of rotatable bonds is 5. The summed E-state index contributed by atoms with van der Waals surface area (Å²) in [6, 6.07) is 6.63. The zero-order valence-corrected chi connectivity index (χ0v) is 11.5. The largest absolute Gasteiger partial charge is 0.431 e. The molecule has 0 bridgehead atoms. The fourth-order valence-electron chi connectivity index (χ4n) is 1.61. The molecule has 1 aromatic carbocycles. The summed E-state index contributed by atoms with van der Waals surface area (Å²) in [5.41, 5.74) is 1.15. The van der Waals surface area contributed by atoms with Gasteiger partial charge in [-0.3, -0.25) is 0 Å². The maximum Gasteiger partial charge on any atom is 0.309 e. The van der Waals surface area contributed by atoms with Gasteiger partial charge in [-0.05, 0) is 26.0 Å². The monoisotopic (exact) mass is 281 g/mol. The zero-order chi connectivity index (χ0) is 13.9. The van der Waals surface area contributed by atoms with Crippen LogP contribution in [0.3, 0.4) is 0 Å². The molecule has 0 aliphatic carbocycles. The van der Waals surface area contributed by atoms with Gasteiger partial charge in [0.25, 0.3) is 10.0 Å². The number of nitrogens with zero attached hydrogens (tertiary/aromatic N) is 1. The van der Waals surface area contributed by atoms with E-state index < -0.39 is 10.0 Å². The first-order valence-corrected chi connectivity index (χ1v) is 7.29. The lowest BCUT2D eigenvalue weighted by molar-refractivity contribution is 0.569. The van der Waals surface area contributed by atoms with Gasteiger partial charge in [0.05, 0.1) is 11.4 Å². The third kappa shape index (κ3) is 3.05. The van der Waals surface area contributed by atoms with Crippen LogP contribution in [0.25, 0.3) is 0 Å². The summed E-state index contributed by atoms with van der Waals surface area (Å²) in [4.78, 5) is 4.08. The first kappa shape index (κ1) is 13.4. The lowest BCUT2D eigenvalue weighted by Crippen LogP contribution is -2.15. The molecule has 0 saturated heterocycles. The molecule has 0 unspecified atom stereocenters. The predicted molar refractivity (Wildman–Crippen MR) is 72.7 cm³/mol. The van der Waals surface area contributed by atoms with E-state index in [0.717, 1.165) is 0 Å². The van der Waals surface area contributed by atoms with Crippen molar-refractivity contribution in [2.75, 3.05) is 16.6 Å². The van der Waals surface area contributed by atoms with Crippen LogP contribution in [0.1, 0.15) is 12.6 Å². The van der Waals surface area contributed by atoms with Crippen LogP contribution in [0.2, 0.25) is 0 Å². The molecule has 19 heavy (non-hydrogen) atoms. The predicted octanol–water partition coefficient (Wildman–Crippen LogP) is 2.22. The number of sulfonamides is 1. The molecule has 0 aliphatic rings. The van der Waals surface area contributed by atoms with Gasteiger partial charge in [-0.1, -0.05) is 12.1 Å². The second-order valence-electron chi connectivity index (χ2n) is 3.93. The van der Waals surface area contributed by atoms with Crippen LogP contribution in [0.5, 0.6) is 0 Å². The maximum absolute atomic E-state index is 12.3. The lowest BCUT2D eigenvalue weighted by Gasteiger charge is -2.10. The van der Waals surface area contributed by atoms with Gasteiger partial charge in [0, 0.05) is 6.54 Å². The molecule has 0 amide bonds. The van der Waals surface area contributed by atoms with E-state index in [1.807, 2.05) is 6.92 Å². The van der Waals surface area contributed by atoms with Crippen LogP contribution in [0, 0.1) is 6.92 Å². The highest BCUT2D eigenvalue weighted by molar-refractivity contribution is 7.92. The van der Waals surface area contributed by atoms with Crippen molar-refractivity contribution in [2.45, 2.75) is 18.7 Å². The fraction of sp³-hybridized carbons (Fsp3) is 0.250. The van der Waals surface area contributed by atoms with Gasteiger partial charge >= 0.3 is 6.01 Å². The zero-order valence-electron chi connectivity index (χ0n) is 10.7. The van der Waals surface area contributed by atoms with Crippen molar-refractivity contribution in [3.05, 3.63) is 36.2 Å². The molecule has 0 saturated carbocycles. The Labute approximate surface area is 111 Å². The average molecular weight is 281 g/mol. The number of hydrogen-bond donors (Lipinski definition) is 2. The number of nitrogens with one attached hydrogen (secondary N) is 2. The summed E-state index contributed by atoms with van der Waals surface area (Å²) in [6.07, 6.45) is 1.38. The average Bonchev–Trinajstić information content (AvgIpc) is 2.75. The second kappa shape index (κ2) is 5.31. The Hall–Kier alpha value is -2.02. The number of hydrogen-bond acceptors (Lipinski definition) is 5. The van der Waals surface area contributed by atoms with E-state index >= 15 is 0 Å². The molecule has 2 rings (SSSR count). The smallest absolute Gasteiger partial charge is 0.309 e. The third-order valence-corrected chi connectivity index (χ3v) is 3.76. The van der Waals surface area contributed by atoms with Gasteiger partial charge < -0.3 is 9.73 Å². The van der Waals surface area contributed by atoms with Crippen molar-refractivity contribution < 1.29 is 12.8 Å². The van der Waals surface area contributed by atoms with Gasteiger partial charge in [0.15, 0.2) is 0 Å². The molecule has 1 aromatic heterocycles. The van der Waals surface area contributed by atoms with E-state index in [0.29, 0.717) is 17.9 Å². The Balaban J connectivity index is 2.34. The highest BCUT2D eigenvalue weighted by Crippen LogP contribution is 2.23. The van der Waals surface area contributed by atoms with Crippen LogP contribution >= 0.6 is 0 Å². The third-order valence-electron chi connectivity index (χ3n) is 2.38. The van der Waals surface area contributed by atoms with E-state index in [9.17, 15) is 8.42 Å². The van der Waals surface area contributed by atoms with Crippen molar-refractivity contribution in [2.24, 2.45) is 0 Å². The Morgan fingerprint density at radius 3 is 2.68 bits per heavy atom. The summed E-state index contributed by atoms with van der Waals surface area (Å²) < 4.78 is 31.8. The molecule has 2 N–H and O–H groups in total. The van der Waals surface area contributed by atoms with Crippen molar-refractivity contribution >= 4 is 21.7 Å². The van der Waals surface area contributed by atoms with Crippen LogP contribution < -0.4 is 10.0 Å². The highest BCUT2D eigenvalue weighted by Gasteiger charge is 2.20. The van der Waals surface area contributed by atoms with E-state index in [1.165, 1.54) is 12.3 Å². The van der Waals surface area contributed by atoms with Gasteiger partial charge in [-0.15, -0.1) is 0 Å². The van der Waals surface area contributed by atoms with Gasteiger partial charge in [-0.2, -0.15) is 4.98 Å². The number of para-hydroxylation sites is 1. The SMILES string of the molecule is CCNc1ccccc1S(=O)(=O)Nc1nc(C)co1. The van der Waals surface area contributed by atoms with Crippen LogP contribution in [0.4, 0.5) is 11.7 Å². The standard InChI is InChI=1S/C12H15N3O3S/c1-3-13-10-6-4-5-7-11(10)19(16,17)15-12-14-9(2)8-18-12/h4-8,13H,3H2,1-2H3,(H,14,15). The van der Waals surface area contributed by atoms with Crippen molar-refractivity contribution in [3.8, 4) is 0 Å². The maximum atomic E-state index is 12.3. The molecule has 6 nitrogen and oxygen atoms in total. The second-order valence-corrected chi connectivity index (χ2v) is 5.58. The molecule has 102 valence electrons. The van der Waals surface area contributed by atoms with E-state index in [1.54, 1.807) is 25.1 Å². The van der Waals surface area contributed by atoms with Gasteiger partial charge in [0.2, 0.25) is 0 Å². The molecule has 0 fully saturated rings. The molecule has 0 atom stereocenters. The molecule has 0 radical (unpaired) electrons. The Bertz CT molecular complexity index is 664. The quantitative estimate of drug-likeness (QED) is 0.877.